The van der Waals surface area contributed by atoms with Gasteiger partial charge >= 0.3 is 0 Å². The van der Waals surface area contributed by atoms with E-state index in [2.05, 4.69) is 47.9 Å². The molecule has 20 heavy (non-hydrogen) atoms. The summed E-state index contributed by atoms with van der Waals surface area (Å²) in [6.07, 6.45) is 4.00. The third kappa shape index (κ3) is 3.53. The molecule has 2 N–H and O–H groups in total. The Balaban J connectivity index is 2.10. The van der Waals surface area contributed by atoms with Gasteiger partial charge in [0.15, 0.2) is 0 Å². The first-order valence-electron chi connectivity index (χ1n) is 8.09. The van der Waals surface area contributed by atoms with Gasteiger partial charge in [-0.2, -0.15) is 0 Å². The van der Waals surface area contributed by atoms with Gasteiger partial charge in [-0.15, -0.1) is 0 Å². The highest BCUT2D eigenvalue weighted by Gasteiger charge is 2.20. The van der Waals surface area contributed by atoms with E-state index in [0.29, 0.717) is 12.6 Å². The minimum absolute atomic E-state index is 0.390. The van der Waals surface area contributed by atoms with E-state index in [4.69, 9.17) is 5.73 Å². The zero-order valence-corrected chi connectivity index (χ0v) is 13.0. The lowest BCUT2D eigenvalue weighted by Gasteiger charge is -2.34. The van der Waals surface area contributed by atoms with Crippen LogP contribution >= 0.6 is 0 Å². The van der Waals surface area contributed by atoms with Crippen LogP contribution in [0.2, 0.25) is 0 Å². The highest BCUT2D eigenvalue weighted by atomic mass is 15.2. The predicted octanol–water partition coefficient (Wildman–Crippen LogP) is 3.02. The number of anilines is 1. The normalized spacial score (nSPS) is 17.9. The van der Waals surface area contributed by atoms with Crippen LogP contribution in [-0.4, -0.2) is 37.6 Å². The summed E-state index contributed by atoms with van der Waals surface area (Å²) in [6.45, 7) is 9.62. The molecule has 0 radical (unpaired) electrons. The molecule has 0 amide bonds. The molecule has 3 heteroatoms. The Morgan fingerprint density at radius 2 is 1.65 bits per heavy atom. The first kappa shape index (κ1) is 15.3. The molecular weight excluding hydrogens is 246 g/mol. The predicted molar refractivity (Wildman–Crippen MR) is 87.2 cm³/mol. The van der Waals surface area contributed by atoms with E-state index in [1.807, 2.05) is 0 Å². The molecule has 1 fully saturated rings. The molecule has 2 rings (SSSR count). The number of piperidine rings is 1. The zero-order valence-electron chi connectivity index (χ0n) is 13.0. The van der Waals surface area contributed by atoms with E-state index in [1.54, 1.807) is 0 Å². The van der Waals surface area contributed by atoms with Gasteiger partial charge in [-0.05, 0) is 57.5 Å². The molecule has 1 aliphatic rings. The summed E-state index contributed by atoms with van der Waals surface area (Å²) < 4.78 is 0. The number of nitrogens with zero attached hydrogens (tertiary/aromatic N) is 2. The van der Waals surface area contributed by atoms with Gasteiger partial charge in [-0.3, -0.25) is 4.90 Å². The molecule has 1 saturated heterocycles. The van der Waals surface area contributed by atoms with E-state index in [0.717, 1.165) is 13.1 Å². The first-order valence-corrected chi connectivity index (χ1v) is 8.09. The lowest BCUT2D eigenvalue weighted by Crippen LogP contribution is -2.37. The van der Waals surface area contributed by atoms with Gasteiger partial charge < -0.3 is 10.6 Å². The maximum Gasteiger partial charge on any atom is 0.0470 e. The third-order valence-electron chi connectivity index (χ3n) is 4.46. The van der Waals surface area contributed by atoms with Crippen LogP contribution in [0.4, 0.5) is 5.69 Å². The Kier molecular flexibility index (Phi) is 5.86. The number of likely N-dealkylation sites (tertiary alicyclic amines) is 1. The van der Waals surface area contributed by atoms with E-state index in [1.165, 1.54) is 43.6 Å². The number of hydrogen-bond donors (Lipinski definition) is 1. The molecule has 0 bridgehead atoms. The molecule has 0 aliphatic carbocycles. The second-order valence-corrected chi connectivity index (χ2v) is 5.61. The Hall–Kier alpha value is -1.06. The topological polar surface area (TPSA) is 32.5 Å². The van der Waals surface area contributed by atoms with Gasteiger partial charge in [-0.25, -0.2) is 0 Å². The summed E-state index contributed by atoms with van der Waals surface area (Å²) in [7, 11) is 0. The molecule has 1 atom stereocenters. The summed E-state index contributed by atoms with van der Waals surface area (Å²) in [5, 5.41) is 0. The fourth-order valence-corrected chi connectivity index (χ4v) is 3.22. The van der Waals surface area contributed by atoms with Crippen molar-refractivity contribution in [2.45, 2.75) is 39.2 Å². The monoisotopic (exact) mass is 275 g/mol. The van der Waals surface area contributed by atoms with Crippen molar-refractivity contribution in [3.63, 3.8) is 0 Å². The second-order valence-electron chi connectivity index (χ2n) is 5.61. The van der Waals surface area contributed by atoms with E-state index < -0.39 is 0 Å². The maximum atomic E-state index is 6.03. The van der Waals surface area contributed by atoms with Crippen LogP contribution in [0, 0.1) is 0 Å². The van der Waals surface area contributed by atoms with Crippen molar-refractivity contribution in [1.82, 2.24) is 4.90 Å². The van der Waals surface area contributed by atoms with Crippen LogP contribution in [0.15, 0.2) is 24.3 Å². The molecule has 3 nitrogen and oxygen atoms in total. The Labute approximate surface area is 123 Å². The maximum absolute atomic E-state index is 6.03. The molecule has 1 aliphatic heterocycles. The van der Waals surface area contributed by atoms with Crippen LogP contribution in [-0.2, 0) is 0 Å². The summed E-state index contributed by atoms with van der Waals surface area (Å²) in [5.41, 5.74) is 8.71. The van der Waals surface area contributed by atoms with Crippen LogP contribution in [0.1, 0.15) is 44.7 Å². The molecular formula is C17H29N3. The molecule has 112 valence electrons. The Morgan fingerprint density at radius 1 is 1.05 bits per heavy atom. The van der Waals surface area contributed by atoms with Crippen molar-refractivity contribution >= 4 is 5.69 Å². The smallest absolute Gasteiger partial charge is 0.0470 e. The lowest BCUT2D eigenvalue weighted by molar-refractivity contribution is 0.167. The van der Waals surface area contributed by atoms with E-state index in [9.17, 15) is 0 Å². The van der Waals surface area contributed by atoms with Crippen LogP contribution in [0.25, 0.3) is 0 Å². The second kappa shape index (κ2) is 7.65. The van der Waals surface area contributed by atoms with Crippen molar-refractivity contribution in [3.8, 4) is 0 Å². The summed E-state index contributed by atoms with van der Waals surface area (Å²) >= 11 is 0. The van der Waals surface area contributed by atoms with Gasteiger partial charge in [0.1, 0.15) is 0 Å². The minimum Gasteiger partial charge on any atom is -0.372 e. The van der Waals surface area contributed by atoms with Crippen molar-refractivity contribution in [2.24, 2.45) is 5.73 Å². The molecule has 0 spiro atoms. The van der Waals surface area contributed by atoms with Crippen LogP contribution in [0.5, 0.6) is 0 Å². The van der Waals surface area contributed by atoms with Crippen LogP contribution in [0.3, 0.4) is 0 Å². The molecule has 1 heterocycles. The quantitative estimate of drug-likeness (QED) is 0.866. The van der Waals surface area contributed by atoms with Crippen molar-refractivity contribution in [2.75, 3.05) is 37.6 Å². The van der Waals surface area contributed by atoms with Gasteiger partial charge in [0, 0.05) is 31.4 Å². The SMILES string of the molecule is CCN(CC)c1ccc(C(CN)N2CCCCC2)cc1. The fraction of sp³-hybridized carbons (Fsp3) is 0.647. The summed E-state index contributed by atoms with van der Waals surface area (Å²) in [6, 6.07) is 9.41. The van der Waals surface area contributed by atoms with Crippen LogP contribution < -0.4 is 10.6 Å². The molecule has 0 aromatic heterocycles. The fourth-order valence-electron chi connectivity index (χ4n) is 3.22. The van der Waals surface area contributed by atoms with Crippen molar-refractivity contribution < 1.29 is 0 Å². The third-order valence-corrected chi connectivity index (χ3v) is 4.46. The highest BCUT2D eigenvalue weighted by molar-refractivity contribution is 5.47. The van der Waals surface area contributed by atoms with Crippen molar-refractivity contribution in [1.29, 1.82) is 0 Å². The standard InChI is InChI=1S/C17H29N3/c1-3-19(4-2)16-10-8-15(9-11-16)17(14-18)20-12-6-5-7-13-20/h8-11,17H,3-7,12-14,18H2,1-2H3. The highest BCUT2D eigenvalue weighted by Crippen LogP contribution is 2.25. The molecule has 1 aromatic carbocycles. The largest absolute Gasteiger partial charge is 0.372 e. The van der Waals surface area contributed by atoms with Gasteiger partial charge in [-0.1, -0.05) is 18.6 Å². The Morgan fingerprint density at radius 3 is 2.15 bits per heavy atom. The number of nitrogens with two attached hydrogens (primary N) is 1. The van der Waals surface area contributed by atoms with Gasteiger partial charge in [0.25, 0.3) is 0 Å². The summed E-state index contributed by atoms with van der Waals surface area (Å²) in [4.78, 5) is 4.93. The average Bonchev–Trinajstić information content (AvgIpc) is 2.52. The molecule has 1 aromatic rings. The van der Waals surface area contributed by atoms with Crippen molar-refractivity contribution in [3.05, 3.63) is 29.8 Å². The number of benzene rings is 1. The summed E-state index contributed by atoms with van der Waals surface area (Å²) in [5.74, 6) is 0. The molecule has 0 saturated carbocycles. The zero-order chi connectivity index (χ0) is 14.4. The van der Waals surface area contributed by atoms with Gasteiger partial charge in [0.05, 0.1) is 0 Å². The first-order chi connectivity index (χ1) is 9.80. The number of rotatable bonds is 6. The molecule has 1 unspecified atom stereocenters. The lowest BCUT2D eigenvalue weighted by atomic mass is 10.0. The minimum atomic E-state index is 0.390. The average molecular weight is 275 g/mol. The van der Waals surface area contributed by atoms with E-state index in [-0.39, 0.29) is 0 Å². The van der Waals surface area contributed by atoms with Gasteiger partial charge in [0.2, 0.25) is 0 Å². The Bertz CT molecular complexity index is 378. The number of hydrogen-bond acceptors (Lipinski definition) is 3. The van der Waals surface area contributed by atoms with E-state index >= 15 is 0 Å².